The Labute approximate surface area is 492 Å². The molecule has 1 atom stereocenters. The summed E-state index contributed by atoms with van der Waals surface area (Å²) in [7, 11) is 0. The van der Waals surface area contributed by atoms with Gasteiger partial charge < -0.3 is 14.2 Å². The number of hydrogen-bond donors (Lipinski definition) is 0. The van der Waals surface area contributed by atoms with E-state index in [1.54, 1.807) is 0 Å². The van der Waals surface area contributed by atoms with Crippen LogP contribution in [0, 0.1) is 0 Å². The van der Waals surface area contributed by atoms with Crippen molar-refractivity contribution in [2.75, 3.05) is 13.2 Å². The summed E-state index contributed by atoms with van der Waals surface area (Å²) in [5.74, 6) is -0.865. The third kappa shape index (κ3) is 66.1. The summed E-state index contributed by atoms with van der Waals surface area (Å²) in [5.41, 5.74) is 0. The lowest BCUT2D eigenvalue weighted by atomic mass is 10.0. The highest BCUT2D eigenvalue weighted by molar-refractivity contribution is 5.71. The Morgan fingerprint density at radius 2 is 0.494 bits per heavy atom. The fraction of sp³-hybridized carbons (Fsp3) is 0.849. The third-order valence-corrected chi connectivity index (χ3v) is 15.8. The Kier molecular flexibility index (Phi) is 65.6. The van der Waals surface area contributed by atoms with Crippen LogP contribution in [0.25, 0.3) is 0 Å². The van der Waals surface area contributed by atoms with Crippen LogP contribution in [0.3, 0.4) is 0 Å². The minimum absolute atomic E-state index is 0.0737. The Morgan fingerprint density at radius 1 is 0.266 bits per heavy atom. The van der Waals surface area contributed by atoms with Crippen molar-refractivity contribution < 1.29 is 28.6 Å². The lowest BCUT2D eigenvalue weighted by molar-refractivity contribution is -0.167. The molecule has 0 aromatic rings. The van der Waals surface area contributed by atoms with E-state index in [1.807, 2.05) is 0 Å². The number of hydrogen-bond acceptors (Lipinski definition) is 6. The second kappa shape index (κ2) is 67.9. The summed E-state index contributed by atoms with van der Waals surface area (Å²) in [4.78, 5) is 38.4. The molecule has 6 heteroatoms. The quantitative estimate of drug-likeness (QED) is 0.0261. The smallest absolute Gasteiger partial charge is 0.306 e. The van der Waals surface area contributed by atoms with Gasteiger partial charge in [0.1, 0.15) is 13.2 Å². The van der Waals surface area contributed by atoms with Gasteiger partial charge in [-0.3, -0.25) is 14.4 Å². The lowest BCUT2D eigenvalue weighted by Crippen LogP contribution is -2.30. The van der Waals surface area contributed by atoms with Crippen LogP contribution in [-0.4, -0.2) is 37.2 Å². The van der Waals surface area contributed by atoms with E-state index >= 15 is 0 Å². The van der Waals surface area contributed by atoms with Gasteiger partial charge in [-0.15, -0.1) is 0 Å². The molecule has 462 valence electrons. The first kappa shape index (κ1) is 76.4. The summed E-state index contributed by atoms with van der Waals surface area (Å²) < 4.78 is 17.0. The molecule has 0 saturated heterocycles. The maximum atomic E-state index is 12.9. The minimum Gasteiger partial charge on any atom is -0.462 e. The van der Waals surface area contributed by atoms with Crippen LogP contribution >= 0.6 is 0 Å². The summed E-state index contributed by atoms with van der Waals surface area (Å²) in [6.07, 6.45) is 85.8. The van der Waals surface area contributed by atoms with E-state index < -0.39 is 6.10 Å². The first-order valence-electron chi connectivity index (χ1n) is 35.1. The van der Waals surface area contributed by atoms with Crippen LogP contribution in [-0.2, 0) is 28.6 Å². The van der Waals surface area contributed by atoms with Crippen LogP contribution in [0.4, 0.5) is 0 Å². The number of unbranched alkanes of at least 4 members (excludes halogenated alkanes) is 46. The van der Waals surface area contributed by atoms with Crippen molar-refractivity contribution in [1.82, 2.24) is 0 Å². The second-order valence-electron chi connectivity index (χ2n) is 23.8. The number of carbonyl (C=O) groups excluding carboxylic acids is 3. The fourth-order valence-corrected chi connectivity index (χ4v) is 10.6. The number of allylic oxidation sites excluding steroid dienone is 8. The lowest BCUT2D eigenvalue weighted by Gasteiger charge is -2.18. The Hall–Kier alpha value is -2.63. The average molecular weight is 1110 g/mol. The van der Waals surface area contributed by atoms with Gasteiger partial charge in [-0.1, -0.05) is 333 Å². The molecule has 0 aromatic carbocycles. The summed E-state index contributed by atoms with van der Waals surface area (Å²) in [6.45, 7) is 6.58. The van der Waals surface area contributed by atoms with Crippen LogP contribution in [0.15, 0.2) is 48.6 Å². The molecule has 0 amide bonds. The molecule has 0 N–H and O–H groups in total. The highest BCUT2D eigenvalue weighted by atomic mass is 16.6. The Balaban J connectivity index is 4.20. The molecule has 0 rings (SSSR count). The van der Waals surface area contributed by atoms with Gasteiger partial charge >= 0.3 is 17.9 Å². The Morgan fingerprint density at radius 3 is 0.785 bits per heavy atom. The first-order valence-corrected chi connectivity index (χ1v) is 35.1. The van der Waals surface area contributed by atoms with E-state index in [1.165, 1.54) is 244 Å². The maximum Gasteiger partial charge on any atom is 0.306 e. The monoisotopic (exact) mass is 1110 g/mol. The van der Waals surface area contributed by atoms with Gasteiger partial charge in [-0.2, -0.15) is 0 Å². The first-order chi connectivity index (χ1) is 39.0. The van der Waals surface area contributed by atoms with Gasteiger partial charge in [0.2, 0.25) is 0 Å². The standard InChI is InChI=1S/C73H134O6/c1-4-7-10-13-16-19-22-25-28-30-31-32-33-34-35-36-37-38-39-40-41-43-45-48-51-54-57-60-63-66-72(75)78-69-70(68-77-71(74)65-62-59-56-53-50-47-44-27-24-21-18-15-12-9-6-3)79-73(76)67-64-61-58-55-52-49-46-42-29-26-23-20-17-14-11-8-5-2/h9,12,18,21,27,30-31,44,70H,4-8,10-11,13-17,19-20,22-26,28-29,32-43,45-69H2,1-3H3/b12-9-,21-18-,31-30-,44-27-. The molecule has 0 radical (unpaired) electrons. The van der Waals surface area contributed by atoms with Crippen molar-refractivity contribution >= 4 is 17.9 Å². The van der Waals surface area contributed by atoms with Gasteiger partial charge in [0.05, 0.1) is 0 Å². The molecular formula is C73H134O6. The molecule has 0 spiro atoms. The largest absolute Gasteiger partial charge is 0.462 e. The topological polar surface area (TPSA) is 78.9 Å². The molecule has 0 aliphatic heterocycles. The zero-order valence-electron chi connectivity index (χ0n) is 53.2. The van der Waals surface area contributed by atoms with E-state index in [4.69, 9.17) is 14.2 Å². The summed E-state index contributed by atoms with van der Waals surface area (Å²) in [6, 6.07) is 0. The molecule has 0 bridgehead atoms. The predicted octanol–water partition coefficient (Wildman–Crippen LogP) is 24.1. The van der Waals surface area contributed by atoms with Crippen molar-refractivity contribution in [3.63, 3.8) is 0 Å². The van der Waals surface area contributed by atoms with Crippen LogP contribution in [0.5, 0.6) is 0 Å². The van der Waals surface area contributed by atoms with Crippen LogP contribution in [0.2, 0.25) is 0 Å². The van der Waals surface area contributed by atoms with Gasteiger partial charge in [-0.05, 0) is 77.0 Å². The van der Waals surface area contributed by atoms with E-state index in [-0.39, 0.29) is 31.1 Å². The zero-order chi connectivity index (χ0) is 57.1. The highest BCUT2D eigenvalue weighted by Gasteiger charge is 2.19. The fourth-order valence-electron chi connectivity index (χ4n) is 10.6. The number of ether oxygens (including phenoxy) is 3. The number of carbonyl (C=O) groups is 3. The van der Waals surface area contributed by atoms with Gasteiger partial charge in [0.25, 0.3) is 0 Å². The average Bonchev–Trinajstić information content (AvgIpc) is 3.45. The summed E-state index contributed by atoms with van der Waals surface area (Å²) in [5, 5.41) is 0. The molecule has 0 aromatic heterocycles. The molecule has 79 heavy (non-hydrogen) atoms. The maximum absolute atomic E-state index is 12.9. The molecule has 1 unspecified atom stereocenters. The second-order valence-corrected chi connectivity index (χ2v) is 23.8. The van der Waals surface area contributed by atoms with Gasteiger partial charge in [-0.25, -0.2) is 0 Å². The zero-order valence-corrected chi connectivity index (χ0v) is 53.2. The van der Waals surface area contributed by atoms with Crippen molar-refractivity contribution in [3.8, 4) is 0 Å². The highest BCUT2D eigenvalue weighted by Crippen LogP contribution is 2.18. The van der Waals surface area contributed by atoms with Crippen LogP contribution in [0.1, 0.15) is 380 Å². The van der Waals surface area contributed by atoms with E-state index in [2.05, 4.69) is 69.4 Å². The predicted molar refractivity (Wildman–Crippen MR) is 344 cm³/mol. The van der Waals surface area contributed by atoms with Gasteiger partial charge in [0, 0.05) is 19.3 Å². The van der Waals surface area contributed by atoms with Crippen LogP contribution < -0.4 is 0 Å². The molecular weight excluding hydrogens is 973 g/mol. The molecule has 0 aliphatic rings. The molecule has 0 fully saturated rings. The SMILES string of the molecule is CC/C=C\C/C=C\C/C=C\CCCCCCCC(=O)OCC(COC(=O)CCCCCCCCCCCCCCCCCCC/C=C\CCCCCCCCCC)OC(=O)CCCCCCCCCCCCCCCCCCC. The molecule has 0 saturated carbocycles. The summed E-state index contributed by atoms with van der Waals surface area (Å²) >= 11 is 0. The van der Waals surface area contributed by atoms with Crippen molar-refractivity contribution in [2.24, 2.45) is 0 Å². The van der Waals surface area contributed by atoms with Crippen molar-refractivity contribution in [1.29, 1.82) is 0 Å². The van der Waals surface area contributed by atoms with Crippen molar-refractivity contribution in [3.05, 3.63) is 48.6 Å². The minimum atomic E-state index is -0.778. The van der Waals surface area contributed by atoms with E-state index in [0.717, 1.165) is 96.3 Å². The number of esters is 3. The molecule has 0 aliphatic carbocycles. The molecule has 6 nitrogen and oxygen atoms in total. The third-order valence-electron chi connectivity index (χ3n) is 15.8. The molecule has 0 heterocycles. The van der Waals surface area contributed by atoms with E-state index in [9.17, 15) is 14.4 Å². The van der Waals surface area contributed by atoms with Gasteiger partial charge in [0.15, 0.2) is 6.10 Å². The van der Waals surface area contributed by atoms with Crippen molar-refractivity contribution in [2.45, 2.75) is 386 Å². The number of rotatable bonds is 65. The normalized spacial score (nSPS) is 12.3. The van der Waals surface area contributed by atoms with E-state index in [0.29, 0.717) is 19.3 Å². The Bertz CT molecular complexity index is 1360.